The van der Waals surface area contributed by atoms with Gasteiger partial charge in [0.1, 0.15) is 6.61 Å². The molecule has 0 aliphatic rings. The second-order valence-corrected chi connectivity index (χ2v) is 4.94. The normalized spacial score (nSPS) is 11.4. The predicted octanol–water partition coefficient (Wildman–Crippen LogP) is 2.90. The first-order valence-corrected chi connectivity index (χ1v) is 7.32. The molecule has 2 aromatic rings. The van der Waals surface area contributed by atoms with E-state index in [-0.39, 0.29) is 25.6 Å². The molecule has 0 spiro atoms. The topological polar surface area (TPSA) is 86.9 Å². The summed E-state index contributed by atoms with van der Waals surface area (Å²) in [6, 6.07) is 6.19. The fourth-order valence-electron chi connectivity index (χ4n) is 1.87. The molecule has 0 aliphatic carbocycles. The lowest BCUT2D eigenvalue weighted by Crippen LogP contribution is -2.30. The molecule has 0 radical (unpaired) electrons. The van der Waals surface area contributed by atoms with Gasteiger partial charge >= 0.3 is 18.2 Å². The van der Waals surface area contributed by atoms with Crippen LogP contribution in [0.5, 0.6) is 0 Å². The van der Waals surface area contributed by atoms with Gasteiger partial charge in [-0.05, 0) is 5.56 Å². The SMILES string of the molecule is COCCOC(=O)N(Cc1ccc(-c2noc(C(F)(F)F)n2)cc1)OC. The molecule has 142 valence electrons. The Bertz CT molecular complexity index is 718. The quantitative estimate of drug-likeness (QED) is 0.543. The maximum Gasteiger partial charge on any atom is 0.471 e. The van der Waals surface area contributed by atoms with Gasteiger partial charge in [0, 0.05) is 12.7 Å². The molecule has 1 aromatic carbocycles. The highest BCUT2D eigenvalue weighted by atomic mass is 19.4. The fraction of sp³-hybridized carbons (Fsp3) is 0.400. The standard InChI is InChI=1S/C15H16F3N3O5/c1-23-7-8-25-14(22)21(24-2)9-10-3-5-11(6-4-10)12-19-13(26-20-12)15(16,17)18/h3-6H,7-9H2,1-2H3. The van der Waals surface area contributed by atoms with Gasteiger partial charge in [0.15, 0.2) is 0 Å². The van der Waals surface area contributed by atoms with Crippen LogP contribution in [0.3, 0.4) is 0 Å². The molecule has 1 heterocycles. The Hall–Kier alpha value is -2.66. The van der Waals surface area contributed by atoms with Crippen molar-refractivity contribution in [3.8, 4) is 11.4 Å². The van der Waals surface area contributed by atoms with E-state index in [0.29, 0.717) is 11.1 Å². The highest BCUT2D eigenvalue weighted by molar-refractivity contribution is 5.66. The summed E-state index contributed by atoms with van der Waals surface area (Å²) >= 11 is 0. The number of rotatable bonds is 7. The molecule has 0 saturated heterocycles. The van der Waals surface area contributed by atoms with Gasteiger partial charge < -0.3 is 14.0 Å². The van der Waals surface area contributed by atoms with Crippen LogP contribution < -0.4 is 0 Å². The number of carbonyl (C=O) groups excluding carboxylic acids is 1. The molecular formula is C15H16F3N3O5. The molecular weight excluding hydrogens is 359 g/mol. The molecule has 2 rings (SSSR count). The average molecular weight is 375 g/mol. The van der Waals surface area contributed by atoms with Crippen molar-refractivity contribution in [1.29, 1.82) is 0 Å². The Morgan fingerprint density at radius 1 is 1.19 bits per heavy atom. The summed E-state index contributed by atoms with van der Waals surface area (Å²) in [7, 11) is 2.79. The van der Waals surface area contributed by atoms with Crippen molar-refractivity contribution in [2.24, 2.45) is 0 Å². The number of benzene rings is 1. The Labute approximate surface area is 146 Å². The lowest BCUT2D eigenvalue weighted by atomic mass is 10.1. The molecule has 0 unspecified atom stereocenters. The molecule has 8 nitrogen and oxygen atoms in total. The minimum atomic E-state index is -4.70. The average Bonchev–Trinajstić information content (AvgIpc) is 3.11. The third-order valence-electron chi connectivity index (χ3n) is 3.14. The summed E-state index contributed by atoms with van der Waals surface area (Å²) in [5.41, 5.74) is 0.985. The van der Waals surface area contributed by atoms with Crippen LogP contribution in [0, 0.1) is 0 Å². The van der Waals surface area contributed by atoms with Crippen LogP contribution in [0.15, 0.2) is 28.8 Å². The van der Waals surface area contributed by atoms with Gasteiger partial charge in [0.25, 0.3) is 0 Å². The van der Waals surface area contributed by atoms with E-state index in [1.165, 1.54) is 26.4 Å². The molecule has 0 N–H and O–H groups in total. The molecule has 0 saturated carbocycles. The maximum absolute atomic E-state index is 12.5. The number of nitrogens with zero attached hydrogens (tertiary/aromatic N) is 3. The molecule has 26 heavy (non-hydrogen) atoms. The number of methoxy groups -OCH3 is 1. The number of carbonyl (C=O) groups is 1. The van der Waals surface area contributed by atoms with E-state index in [2.05, 4.69) is 14.7 Å². The number of aromatic nitrogens is 2. The van der Waals surface area contributed by atoms with Crippen LogP contribution >= 0.6 is 0 Å². The minimum absolute atomic E-state index is 0.0721. The van der Waals surface area contributed by atoms with Crippen LogP contribution in [0.2, 0.25) is 0 Å². The van der Waals surface area contributed by atoms with Gasteiger partial charge in [-0.25, -0.2) is 4.79 Å². The van der Waals surface area contributed by atoms with Crippen molar-refractivity contribution in [3.05, 3.63) is 35.7 Å². The van der Waals surface area contributed by atoms with E-state index in [0.717, 1.165) is 5.06 Å². The summed E-state index contributed by atoms with van der Waals surface area (Å²) in [5, 5.41) is 4.29. The summed E-state index contributed by atoms with van der Waals surface area (Å²) in [6.45, 7) is 0.402. The summed E-state index contributed by atoms with van der Waals surface area (Å²) in [6.07, 6.45) is -5.39. The van der Waals surface area contributed by atoms with E-state index in [1.807, 2.05) is 0 Å². The molecule has 0 fully saturated rings. The van der Waals surface area contributed by atoms with Crippen LogP contribution in [0.1, 0.15) is 11.5 Å². The van der Waals surface area contributed by atoms with Crippen molar-refractivity contribution < 1.29 is 36.8 Å². The van der Waals surface area contributed by atoms with Crippen LogP contribution in [0.25, 0.3) is 11.4 Å². The Morgan fingerprint density at radius 2 is 1.88 bits per heavy atom. The summed E-state index contributed by atoms with van der Waals surface area (Å²) in [4.78, 5) is 20.1. The van der Waals surface area contributed by atoms with E-state index in [1.54, 1.807) is 12.1 Å². The van der Waals surface area contributed by atoms with Crippen molar-refractivity contribution in [2.75, 3.05) is 27.4 Å². The number of alkyl halides is 3. The van der Waals surface area contributed by atoms with Gasteiger partial charge in [0.2, 0.25) is 5.82 Å². The zero-order chi connectivity index (χ0) is 19.2. The number of hydroxylamine groups is 2. The second kappa shape index (κ2) is 8.63. The monoisotopic (exact) mass is 375 g/mol. The van der Waals surface area contributed by atoms with Crippen LogP contribution in [-0.4, -0.2) is 48.7 Å². The number of amides is 1. The first kappa shape index (κ1) is 19.7. The molecule has 0 aliphatic heterocycles. The van der Waals surface area contributed by atoms with E-state index in [9.17, 15) is 18.0 Å². The number of ether oxygens (including phenoxy) is 2. The van der Waals surface area contributed by atoms with Gasteiger partial charge in [-0.15, -0.1) is 0 Å². The largest absolute Gasteiger partial charge is 0.471 e. The fourth-order valence-corrected chi connectivity index (χ4v) is 1.87. The zero-order valence-corrected chi connectivity index (χ0v) is 13.9. The third kappa shape index (κ3) is 5.17. The molecule has 1 aromatic heterocycles. The van der Waals surface area contributed by atoms with Gasteiger partial charge in [-0.3, -0.25) is 4.84 Å². The van der Waals surface area contributed by atoms with Crippen molar-refractivity contribution in [2.45, 2.75) is 12.7 Å². The predicted molar refractivity (Wildman–Crippen MR) is 80.5 cm³/mol. The van der Waals surface area contributed by atoms with E-state index >= 15 is 0 Å². The summed E-state index contributed by atoms with van der Waals surface area (Å²) < 4.78 is 51.3. The van der Waals surface area contributed by atoms with Gasteiger partial charge in [-0.1, -0.05) is 29.4 Å². The minimum Gasteiger partial charge on any atom is -0.445 e. The molecule has 0 bridgehead atoms. The lowest BCUT2D eigenvalue weighted by molar-refractivity contribution is -0.159. The Morgan fingerprint density at radius 3 is 2.42 bits per heavy atom. The van der Waals surface area contributed by atoms with Gasteiger partial charge in [0.05, 0.1) is 20.3 Å². The smallest absolute Gasteiger partial charge is 0.445 e. The van der Waals surface area contributed by atoms with Gasteiger partial charge in [-0.2, -0.15) is 23.2 Å². The number of hydrogen-bond acceptors (Lipinski definition) is 7. The van der Waals surface area contributed by atoms with Crippen LogP contribution in [-0.2, 0) is 27.0 Å². The van der Waals surface area contributed by atoms with E-state index in [4.69, 9.17) is 14.3 Å². The second-order valence-electron chi connectivity index (χ2n) is 4.94. The molecule has 1 amide bonds. The first-order valence-electron chi connectivity index (χ1n) is 7.32. The Kier molecular flexibility index (Phi) is 6.52. The lowest BCUT2D eigenvalue weighted by Gasteiger charge is -2.19. The van der Waals surface area contributed by atoms with Crippen molar-refractivity contribution in [3.63, 3.8) is 0 Å². The molecule has 11 heteroatoms. The highest BCUT2D eigenvalue weighted by Crippen LogP contribution is 2.29. The van der Waals surface area contributed by atoms with Crippen molar-refractivity contribution in [1.82, 2.24) is 15.2 Å². The maximum atomic E-state index is 12.5. The van der Waals surface area contributed by atoms with Crippen molar-refractivity contribution >= 4 is 6.09 Å². The number of hydrogen-bond donors (Lipinski definition) is 0. The zero-order valence-electron chi connectivity index (χ0n) is 13.9. The summed E-state index contributed by atoms with van der Waals surface area (Å²) in [5.74, 6) is -1.60. The Balaban J connectivity index is 2.02. The van der Waals surface area contributed by atoms with Crippen LogP contribution in [0.4, 0.5) is 18.0 Å². The molecule has 0 atom stereocenters. The number of halogens is 3. The van der Waals surface area contributed by atoms with E-state index < -0.39 is 18.2 Å². The third-order valence-corrected chi connectivity index (χ3v) is 3.14. The highest BCUT2D eigenvalue weighted by Gasteiger charge is 2.38. The first-order chi connectivity index (χ1) is 12.3.